The van der Waals surface area contributed by atoms with Crippen LogP contribution in [0.3, 0.4) is 0 Å². The van der Waals surface area contributed by atoms with Crippen LogP contribution >= 0.6 is 7.60 Å². The summed E-state index contributed by atoms with van der Waals surface area (Å²) in [7, 11) is -3.19. The average Bonchev–Trinajstić information content (AvgIpc) is 2.14. The summed E-state index contributed by atoms with van der Waals surface area (Å²) in [5, 5.41) is 8.60. The van der Waals surface area contributed by atoms with E-state index in [-0.39, 0.29) is 19.4 Å². The summed E-state index contributed by atoms with van der Waals surface area (Å²) in [5.74, 6) is 0. The molecule has 0 saturated carbocycles. The highest BCUT2D eigenvalue weighted by molar-refractivity contribution is 7.53. The summed E-state index contributed by atoms with van der Waals surface area (Å²) in [6.45, 7) is 9.30. The van der Waals surface area contributed by atoms with Crippen LogP contribution in [0.2, 0.25) is 0 Å². The molecule has 0 aromatic rings. The van der Waals surface area contributed by atoms with Crippen LogP contribution in [0.5, 0.6) is 0 Å². The van der Waals surface area contributed by atoms with Gasteiger partial charge in [-0.2, -0.15) is 0 Å². The highest BCUT2D eigenvalue weighted by Gasteiger charge is 2.29. The van der Waals surface area contributed by atoms with Gasteiger partial charge in [-0.25, -0.2) is 4.89 Å². The zero-order valence-electron chi connectivity index (χ0n) is 9.43. The second kappa shape index (κ2) is 7.14. The van der Waals surface area contributed by atoms with E-state index in [9.17, 15) is 4.57 Å². The molecule has 0 aromatic heterocycles. The fraction of sp³-hybridized carbons (Fsp3) is 0.778. The molecule has 0 aliphatic heterocycles. The molecule has 0 aliphatic rings. The van der Waals surface area contributed by atoms with Crippen molar-refractivity contribution in [3.8, 4) is 0 Å². The van der Waals surface area contributed by atoms with Gasteiger partial charge in [0.1, 0.15) is 6.10 Å². The number of hydrogen-bond acceptors (Lipinski definition) is 5. The van der Waals surface area contributed by atoms with Crippen molar-refractivity contribution in [3.05, 3.63) is 12.2 Å². The van der Waals surface area contributed by atoms with Crippen LogP contribution in [0.25, 0.3) is 0 Å². The molecule has 0 heterocycles. The minimum atomic E-state index is -3.19. The molecule has 0 spiro atoms. The van der Waals surface area contributed by atoms with Gasteiger partial charge in [-0.1, -0.05) is 6.58 Å². The van der Waals surface area contributed by atoms with Gasteiger partial charge in [0.2, 0.25) is 0 Å². The summed E-state index contributed by atoms with van der Waals surface area (Å²) in [6, 6.07) is 0. The molecular weight excluding hydrogens is 219 g/mol. The lowest BCUT2D eigenvalue weighted by atomic mass is 10.2. The van der Waals surface area contributed by atoms with Gasteiger partial charge in [-0.3, -0.25) is 9.82 Å². The van der Waals surface area contributed by atoms with Crippen molar-refractivity contribution >= 4 is 7.60 Å². The third kappa shape index (κ3) is 5.44. The van der Waals surface area contributed by atoms with E-state index in [4.69, 9.17) is 14.3 Å². The molecule has 0 amide bonds. The molecule has 6 heteroatoms. The number of rotatable bonds is 8. The molecule has 0 rings (SSSR count). The van der Waals surface area contributed by atoms with Crippen LogP contribution in [0, 0.1) is 0 Å². The standard InChI is InChI=1S/C9H19O5P/c1-5-12-15(11,13-6-2)7-9(14-10)8(3)4/h9-10H,3,5-7H2,1-2,4H3. The van der Waals surface area contributed by atoms with E-state index in [1.807, 2.05) is 0 Å². The lowest BCUT2D eigenvalue weighted by Crippen LogP contribution is -2.19. The quantitative estimate of drug-likeness (QED) is 0.305. The maximum atomic E-state index is 12.0. The van der Waals surface area contributed by atoms with Crippen molar-refractivity contribution in [1.29, 1.82) is 0 Å². The zero-order chi connectivity index (χ0) is 11.9. The normalized spacial score (nSPS) is 13.9. The zero-order valence-corrected chi connectivity index (χ0v) is 10.3. The Bertz CT molecular complexity index is 231. The van der Waals surface area contributed by atoms with Gasteiger partial charge in [0.15, 0.2) is 0 Å². The first-order valence-electron chi connectivity index (χ1n) is 4.82. The maximum absolute atomic E-state index is 12.0. The lowest BCUT2D eigenvalue weighted by Gasteiger charge is -2.21. The predicted molar refractivity (Wildman–Crippen MR) is 58.0 cm³/mol. The Kier molecular flexibility index (Phi) is 7.05. The second-order valence-corrected chi connectivity index (χ2v) is 5.17. The molecule has 5 nitrogen and oxygen atoms in total. The molecule has 1 unspecified atom stereocenters. The van der Waals surface area contributed by atoms with E-state index < -0.39 is 13.7 Å². The Morgan fingerprint density at radius 3 is 2.13 bits per heavy atom. The van der Waals surface area contributed by atoms with E-state index in [2.05, 4.69) is 11.5 Å². The van der Waals surface area contributed by atoms with Gasteiger partial charge < -0.3 is 9.05 Å². The van der Waals surface area contributed by atoms with Crippen LogP contribution in [-0.2, 0) is 18.5 Å². The minimum absolute atomic E-state index is 0.0273. The highest BCUT2D eigenvalue weighted by Crippen LogP contribution is 2.49. The van der Waals surface area contributed by atoms with Crippen molar-refractivity contribution in [2.75, 3.05) is 19.4 Å². The van der Waals surface area contributed by atoms with Crippen molar-refractivity contribution in [1.82, 2.24) is 0 Å². The maximum Gasteiger partial charge on any atom is 0.333 e. The molecule has 0 aromatic carbocycles. The number of hydrogen-bond donors (Lipinski definition) is 1. The Morgan fingerprint density at radius 1 is 1.40 bits per heavy atom. The van der Waals surface area contributed by atoms with E-state index in [0.29, 0.717) is 5.57 Å². The SMILES string of the molecule is C=C(C)C(CP(=O)(OCC)OCC)OO. The van der Waals surface area contributed by atoms with Gasteiger partial charge in [0.25, 0.3) is 0 Å². The summed E-state index contributed by atoms with van der Waals surface area (Å²) in [4.78, 5) is 4.17. The van der Waals surface area contributed by atoms with Crippen molar-refractivity contribution in [2.24, 2.45) is 0 Å². The average molecular weight is 238 g/mol. The van der Waals surface area contributed by atoms with Gasteiger partial charge in [0, 0.05) is 0 Å². The third-order valence-electron chi connectivity index (χ3n) is 1.72. The Labute approximate surface area is 90.5 Å². The van der Waals surface area contributed by atoms with Gasteiger partial charge in [-0.05, 0) is 26.3 Å². The third-order valence-corrected chi connectivity index (χ3v) is 3.80. The van der Waals surface area contributed by atoms with Crippen LogP contribution in [0.1, 0.15) is 20.8 Å². The Hall–Kier alpha value is -0.190. The Balaban J connectivity index is 4.50. The molecule has 1 N–H and O–H groups in total. The van der Waals surface area contributed by atoms with Crippen LogP contribution < -0.4 is 0 Å². The monoisotopic (exact) mass is 238 g/mol. The minimum Gasteiger partial charge on any atom is -0.309 e. The highest BCUT2D eigenvalue weighted by atomic mass is 31.2. The summed E-state index contributed by atoms with van der Waals surface area (Å²) >= 11 is 0. The van der Waals surface area contributed by atoms with Gasteiger partial charge in [0.05, 0.1) is 19.4 Å². The molecule has 0 radical (unpaired) electrons. The second-order valence-electron chi connectivity index (χ2n) is 3.07. The fourth-order valence-corrected chi connectivity index (χ4v) is 2.87. The molecule has 0 saturated heterocycles. The van der Waals surface area contributed by atoms with Crippen LogP contribution in [-0.4, -0.2) is 30.7 Å². The smallest absolute Gasteiger partial charge is 0.309 e. The molecule has 0 bridgehead atoms. The Morgan fingerprint density at radius 2 is 1.87 bits per heavy atom. The molecule has 1 atom stereocenters. The fourth-order valence-electron chi connectivity index (χ4n) is 1.02. The van der Waals surface area contributed by atoms with Crippen molar-refractivity contribution < 1.29 is 23.8 Å². The van der Waals surface area contributed by atoms with Crippen molar-refractivity contribution in [3.63, 3.8) is 0 Å². The van der Waals surface area contributed by atoms with E-state index in [0.717, 1.165) is 0 Å². The summed E-state index contributed by atoms with van der Waals surface area (Å²) in [6.07, 6.45) is -0.755. The molecular formula is C9H19O5P. The van der Waals surface area contributed by atoms with Crippen LogP contribution in [0.15, 0.2) is 12.2 Å². The molecule has 90 valence electrons. The molecule has 15 heavy (non-hydrogen) atoms. The van der Waals surface area contributed by atoms with Gasteiger partial charge in [-0.15, -0.1) is 0 Å². The topological polar surface area (TPSA) is 65.0 Å². The molecule has 0 aliphatic carbocycles. The van der Waals surface area contributed by atoms with Crippen molar-refractivity contribution in [2.45, 2.75) is 26.9 Å². The van der Waals surface area contributed by atoms with E-state index >= 15 is 0 Å². The largest absolute Gasteiger partial charge is 0.333 e. The molecule has 0 fully saturated rings. The summed E-state index contributed by atoms with van der Waals surface area (Å²) in [5.41, 5.74) is 0.567. The predicted octanol–water partition coefficient (Wildman–Crippen LogP) is 2.69. The summed E-state index contributed by atoms with van der Waals surface area (Å²) < 4.78 is 22.1. The first-order valence-corrected chi connectivity index (χ1v) is 6.55. The van der Waals surface area contributed by atoms with Crippen LogP contribution in [0.4, 0.5) is 0 Å². The van der Waals surface area contributed by atoms with Gasteiger partial charge >= 0.3 is 7.60 Å². The first kappa shape index (κ1) is 14.8. The first-order chi connectivity index (χ1) is 6.99. The lowest BCUT2D eigenvalue weighted by molar-refractivity contribution is -0.263. The van der Waals surface area contributed by atoms with E-state index in [1.165, 1.54) is 0 Å². The van der Waals surface area contributed by atoms with E-state index in [1.54, 1.807) is 20.8 Å².